The molecule has 4 rings (SSSR count). The Kier molecular flexibility index (Phi) is 3.42. The number of Topliss-reactive ketones (excluding diaryl/α,β-unsaturated/α-hetero) is 1. The number of rotatable bonds is 4. The first-order valence-corrected chi connectivity index (χ1v) is 8.60. The van der Waals surface area contributed by atoms with Gasteiger partial charge in [-0.05, 0) is 32.1 Å². The predicted octanol–water partition coefficient (Wildman–Crippen LogP) is 0.520. The van der Waals surface area contributed by atoms with E-state index < -0.39 is 50.8 Å². The van der Waals surface area contributed by atoms with Crippen LogP contribution in [0.3, 0.4) is 0 Å². The van der Waals surface area contributed by atoms with E-state index in [1.165, 1.54) is 0 Å². The fourth-order valence-corrected chi connectivity index (χ4v) is 4.65. The molecule has 4 bridgehead atoms. The van der Waals surface area contributed by atoms with Crippen LogP contribution in [-0.4, -0.2) is 47.3 Å². The average molecular weight is 354 g/mol. The fourth-order valence-electron chi connectivity index (χ4n) is 4.44. The number of carbonyl (C=O) groups excluding carboxylic acids is 2. The molecule has 0 amide bonds. The summed E-state index contributed by atoms with van der Waals surface area (Å²) >= 11 is 0. The van der Waals surface area contributed by atoms with E-state index in [1.54, 1.807) is 0 Å². The van der Waals surface area contributed by atoms with Crippen molar-refractivity contribution in [2.45, 2.75) is 43.0 Å². The van der Waals surface area contributed by atoms with E-state index in [2.05, 4.69) is 4.74 Å². The Morgan fingerprint density at radius 2 is 1.78 bits per heavy atom. The van der Waals surface area contributed by atoms with Crippen LogP contribution in [-0.2, 0) is 24.4 Å². The zero-order valence-electron chi connectivity index (χ0n) is 12.0. The third-order valence-corrected chi connectivity index (χ3v) is 6.05. The van der Waals surface area contributed by atoms with Crippen molar-refractivity contribution in [1.29, 1.82) is 0 Å². The number of esters is 1. The summed E-state index contributed by atoms with van der Waals surface area (Å²) in [6.45, 7) is -1.80. The summed E-state index contributed by atoms with van der Waals surface area (Å²) in [4.78, 5) is 24.3. The zero-order valence-corrected chi connectivity index (χ0v) is 12.8. The summed E-state index contributed by atoms with van der Waals surface area (Å²) in [7, 11) is -5.69. The topological polar surface area (TPSA) is 118 Å². The van der Waals surface area contributed by atoms with Gasteiger partial charge in [-0.1, -0.05) is 0 Å². The molecule has 0 saturated heterocycles. The molecule has 2 unspecified atom stereocenters. The summed E-state index contributed by atoms with van der Waals surface area (Å²) in [6.07, 6.45) is 0.732. The Morgan fingerprint density at radius 3 is 2.26 bits per heavy atom. The molecule has 4 aliphatic carbocycles. The summed E-state index contributed by atoms with van der Waals surface area (Å²) in [5.74, 6) is -2.09. The van der Waals surface area contributed by atoms with Crippen LogP contribution in [0.5, 0.6) is 0 Å². The van der Waals surface area contributed by atoms with E-state index in [-0.39, 0.29) is 37.9 Å². The van der Waals surface area contributed by atoms with E-state index in [4.69, 9.17) is 4.55 Å². The Morgan fingerprint density at radius 1 is 1.26 bits per heavy atom. The lowest BCUT2D eigenvalue weighted by molar-refractivity contribution is -0.199. The van der Waals surface area contributed by atoms with Crippen LogP contribution >= 0.6 is 0 Å². The van der Waals surface area contributed by atoms with Crippen molar-refractivity contribution in [2.75, 3.05) is 6.61 Å². The average Bonchev–Trinajstić information content (AvgIpc) is 2.39. The van der Waals surface area contributed by atoms with Crippen LogP contribution < -0.4 is 0 Å². The van der Waals surface area contributed by atoms with Gasteiger partial charge >= 0.3 is 21.3 Å². The molecule has 0 spiro atoms. The Hall–Kier alpha value is -1.13. The number of halogens is 2. The minimum atomic E-state index is -5.69. The highest BCUT2D eigenvalue weighted by Crippen LogP contribution is 2.60. The summed E-state index contributed by atoms with van der Waals surface area (Å²) in [5.41, 5.74) is -2.44. The molecule has 2 atom stereocenters. The van der Waals surface area contributed by atoms with Gasteiger partial charge in [0.25, 0.3) is 0 Å². The van der Waals surface area contributed by atoms with Gasteiger partial charge < -0.3 is 9.84 Å². The van der Waals surface area contributed by atoms with Gasteiger partial charge in [0.1, 0.15) is 5.78 Å². The highest BCUT2D eigenvalue weighted by atomic mass is 32.2. The van der Waals surface area contributed by atoms with E-state index in [0.29, 0.717) is 0 Å². The molecule has 4 fully saturated rings. The second kappa shape index (κ2) is 4.70. The summed E-state index contributed by atoms with van der Waals surface area (Å²) in [5, 5.41) is 5.85. The van der Waals surface area contributed by atoms with Crippen LogP contribution in [0, 0.1) is 17.3 Å². The lowest BCUT2D eigenvalue weighted by Crippen LogP contribution is -2.62. The van der Waals surface area contributed by atoms with Gasteiger partial charge in [0.05, 0.1) is 11.0 Å². The van der Waals surface area contributed by atoms with Gasteiger partial charge in [-0.3, -0.25) is 14.1 Å². The van der Waals surface area contributed by atoms with Crippen LogP contribution in [0.2, 0.25) is 0 Å². The molecule has 0 heterocycles. The molecule has 0 radical (unpaired) electrons. The monoisotopic (exact) mass is 354 g/mol. The van der Waals surface area contributed by atoms with Crippen molar-refractivity contribution in [3.63, 3.8) is 0 Å². The number of ketones is 1. The molecule has 0 aliphatic heterocycles. The lowest BCUT2D eigenvalue weighted by atomic mass is 9.47. The molecule has 4 saturated carbocycles. The number of aliphatic hydroxyl groups is 1. The van der Waals surface area contributed by atoms with Crippen molar-refractivity contribution >= 4 is 21.9 Å². The maximum absolute atomic E-state index is 13.2. The second-order valence-corrected chi connectivity index (χ2v) is 8.53. The largest absolute Gasteiger partial charge is 0.458 e. The Labute approximate surface area is 130 Å². The molecular formula is C13H16F2O7S. The highest BCUT2D eigenvalue weighted by Gasteiger charge is 2.64. The number of hydrogen-bond donors (Lipinski definition) is 2. The van der Waals surface area contributed by atoms with Gasteiger partial charge in [0, 0.05) is 11.8 Å². The van der Waals surface area contributed by atoms with Crippen LogP contribution in [0.25, 0.3) is 0 Å². The van der Waals surface area contributed by atoms with Crippen molar-refractivity contribution in [3.05, 3.63) is 0 Å². The number of alkyl halides is 2. The standard InChI is InChI=1S/C13H16F2O7S/c14-13(15,23(19,20)21)6-22-10(17)11-1-7-3-12(18,5-11)4-8(2-11)9(7)16/h7-8,18H,1-6H2,(H,19,20,21). The van der Waals surface area contributed by atoms with Crippen LogP contribution in [0.4, 0.5) is 8.78 Å². The van der Waals surface area contributed by atoms with Gasteiger partial charge in [0.2, 0.25) is 0 Å². The second-order valence-electron chi connectivity index (χ2n) is 6.98. The van der Waals surface area contributed by atoms with Crippen LogP contribution in [0.1, 0.15) is 32.1 Å². The first-order chi connectivity index (χ1) is 10.4. The normalized spacial score (nSPS) is 39.6. The first-order valence-electron chi connectivity index (χ1n) is 7.16. The maximum Gasteiger partial charge on any atom is 0.402 e. The number of ether oxygens (including phenoxy) is 1. The van der Waals surface area contributed by atoms with Gasteiger partial charge in [-0.2, -0.15) is 17.2 Å². The summed E-state index contributed by atoms with van der Waals surface area (Å²) in [6, 6.07) is 0. The van der Waals surface area contributed by atoms with Gasteiger partial charge in [-0.15, -0.1) is 0 Å². The summed E-state index contributed by atoms with van der Waals surface area (Å²) < 4.78 is 60.3. The van der Waals surface area contributed by atoms with E-state index in [1.807, 2.05) is 0 Å². The minimum absolute atomic E-state index is 0.0105. The van der Waals surface area contributed by atoms with Crippen molar-refractivity contribution < 1.29 is 41.2 Å². The number of hydrogen-bond acceptors (Lipinski definition) is 6. The molecular weight excluding hydrogens is 338 g/mol. The maximum atomic E-state index is 13.2. The Bertz CT molecular complexity index is 654. The molecule has 7 nitrogen and oxygen atoms in total. The molecule has 0 aromatic rings. The van der Waals surface area contributed by atoms with Crippen molar-refractivity contribution in [3.8, 4) is 0 Å². The third-order valence-electron chi connectivity index (χ3n) is 5.18. The molecule has 23 heavy (non-hydrogen) atoms. The first kappa shape index (κ1) is 16.7. The van der Waals surface area contributed by atoms with Crippen LogP contribution in [0.15, 0.2) is 0 Å². The predicted molar refractivity (Wildman–Crippen MR) is 69.9 cm³/mol. The molecule has 130 valence electrons. The number of carbonyl (C=O) groups is 2. The Balaban J connectivity index is 1.77. The van der Waals surface area contributed by atoms with Crippen molar-refractivity contribution in [1.82, 2.24) is 0 Å². The minimum Gasteiger partial charge on any atom is -0.458 e. The molecule has 0 aromatic heterocycles. The van der Waals surface area contributed by atoms with E-state index >= 15 is 0 Å². The quantitative estimate of drug-likeness (QED) is 0.558. The van der Waals surface area contributed by atoms with Gasteiger partial charge in [0.15, 0.2) is 6.61 Å². The molecule has 4 aliphatic rings. The SMILES string of the molecule is O=C1C2CC3(O)CC1CC(C(=O)OCC(F)(F)S(=O)(=O)O)(C2)C3. The third kappa shape index (κ3) is 2.56. The van der Waals surface area contributed by atoms with E-state index in [9.17, 15) is 31.9 Å². The lowest BCUT2D eigenvalue weighted by Gasteiger charge is -2.57. The van der Waals surface area contributed by atoms with Gasteiger partial charge in [-0.25, -0.2) is 0 Å². The molecule has 2 N–H and O–H groups in total. The fraction of sp³-hybridized carbons (Fsp3) is 0.846. The molecule has 0 aromatic carbocycles. The highest BCUT2D eigenvalue weighted by molar-refractivity contribution is 7.86. The van der Waals surface area contributed by atoms with Crippen molar-refractivity contribution in [2.24, 2.45) is 17.3 Å². The smallest absolute Gasteiger partial charge is 0.402 e. The molecule has 10 heteroatoms. The zero-order chi connectivity index (χ0) is 17.3. The van der Waals surface area contributed by atoms with E-state index in [0.717, 1.165) is 0 Å².